The SMILES string of the molecule is Cc1cccc2cc(CN(Cc3cccnc3)C(=O)C3CCCO3)c(=O)[nH]c12. The monoisotopic (exact) mass is 377 g/mol. The van der Waals surface area contributed by atoms with Crippen molar-refractivity contribution in [2.24, 2.45) is 0 Å². The van der Waals surface area contributed by atoms with Gasteiger partial charge in [-0.2, -0.15) is 0 Å². The Hall–Kier alpha value is -2.99. The zero-order chi connectivity index (χ0) is 19.5. The molecule has 1 unspecified atom stereocenters. The number of hydrogen-bond acceptors (Lipinski definition) is 4. The van der Waals surface area contributed by atoms with Gasteiger partial charge >= 0.3 is 0 Å². The predicted octanol–water partition coefficient (Wildman–Crippen LogP) is 2.94. The molecule has 0 spiro atoms. The molecule has 6 nitrogen and oxygen atoms in total. The van der Waals surface area contributed by atoms with Gasteiger partial charge in [0.1, 0.15) is 6.10 Å². The second-order valence-corrected chi connectivity index (χ2v) is 7.22. The second-order valence-electron chi connectivity index (χ2n) is 7.22. The minimum absolute atomic E-state index is 0.0786. The Balaban J connectivity index is 1.66. The van der Waals surface area contributed by atoms with Crippen molar-refractivity contribution in [2.75, 3.05) is 6.61 Å². The van der Waals surface area contributed by atoms with Gasteiger partial charge in [-0.25, -0.2) is 0 Å². The molecular formula is C22H23N3O3. The Kier molecular flexibility index (Phi) is 5.21. The third-order valence-corrected chi connectivity index (χ3v) is 5.14. The van der Waals surface area contributed by atoms with E-state index in [4.69, 9.17) is 4.74 Å². The molecule has 0 bridgehead atoms. The van der Waals surface area contributed by atoms with Crippen LogP contribution in [0.5, 0.6) is 0 Å². The molecule has 28 heavy (non-hydrogen) atoms. The van der Waals surface area contributed by atoms with E-state index >= 15 is 0 Å². The minimum Gasteiger partial charge on any atom is -0.368 e. The van der Waals surface area contributed by atoms with E-state index in [9.17, 15) is 9.59 Å². The van der Waals surface area contributed by atoms with E-state index in [2.05, 4.69) is 9.97 Å². The third-order valence-electron chi connectivity index (χ3n) is 5.14. The summed E-state index contributed by atoms with van der Waals surface area (Å²) in [7, 11) is 0. The number of benzene rings is 1. The Morgan fingerprint density at radius 1 is 1.29 bits per heavy atom. The van der Waals surface area contributed by atoms with Gasteiger partial charge in [0, 0.05) is 31.1 Å². The summed E-state index contributed by atoms with van der Waals surface area (Å²) in [5, 5.41) is 0.959. The number of amides is 1. The summed E-state index contributed by atoms with van der Waals surface area (Å²) < 4.78 is 5.59. The highest BCUT2D eigenvalue weighted by Crippen LogP contribution is 2.20. The van der Waals surface area contributed by atoms with Gasteiger partial charge in [-0.3, -0.25) is 14.6 Å². The number of fused-ring (bicyclic) bond motifs is 1. The summed E-state index contributed by atoms with van der Waals surface area (Å²) in [6, 6.07) is 11.5. The number of pyridine rings is 2. The summed E-state index contributed by atoms with van der Waals surface area (Å²) in [5.74, 6) is -0.0786. The molecule has 1 aliphatic heterocycles. The maximum atomic E-state index is 13.1. The zero-order valence-corrected chi connectivity index (χ0v) is 15.9. The van der Waals surface area contributed by atoms with Gasteiger partial charge in [0.15, 0.2) is 0 Å². The lowest BCUT2D eigenvalue weighted by molar-refractivity contribution is -0.142. The van der Waals surface area contributed by atoms with Gasteiger partial charge < -0.3 is 14.6 Å². The number of nitrogens with zero attached hydrogens (tertiary/aromatic N) is 2. The number of aromatic nitrogens is 2. The van der Waals surface area contributed by atoms with Crippen LogP contribution >= 0.6 is 0 Å². The first-order valence-corrected chi connectivity index (χ1v) is 9.52. The number of nitrogens with one attached hydrogen (secondary N) is 1. The summed E-state index contributed by atoms with van der Waals surface area (Å²) in [6.07, 6.45) is 4.61. The van der Waals surface area contributed by atoms with Gasteiger partial charge in [0.05, 0.1) is 12.1 Å². The van der Waals surface area contributed by atoms with Gasteiger partial charge in [-0.1, -0.05) is 24.3 Å². The van der Waals surface area contributed by atoms with Gasteiger partial charge in [-0.15, -0.1) is 0 Å². The first-order valence-electron chi connectivity index (χ1n) is 9.52. The van der Waals surface area contributed by atoms with E-state index in [0.29, 0.717) is 18.7 Å². The van der Waals surface area contributed by atoms with Crippen molar-refractivity contribution in [1.29, 1.82) is 0 Å². The molecule has 1 N–H and O–H groups in total. The molecule has 1 atom stereocenters. The standard InChI is InChI=1S/C22H23N3O3/c1-15-5-2-7-17-11-18(21(26)24-20(15)17)14-25(13-16-6-3-9-23-12-16)22(27)19-8-4-10-28-19/h2-3,5-7,9,11-12,19H,4,8,10,13-14H2,1H3,(H,24,26). The van der Waals surface area contributed by atoms with Crippen LogP contribution < -0.4 is 5.56 Å². The molecule has 0 saturated carbocycles. The first-order chi connectivity index (χ1) is 13.6. The van der Waals surface area contributed by atoms with Crippen molar-refractivity contribution in [3.05, 3.63) is 75.8 Å². The highest BCUT2D eigenvalue weighted by Gasteiger charge is 2.29. The fourth-order valence-electron chi connectivity index (χ4n) is 3.65. The molecule has 6 heteroatoms. The minimum atomic E-state index is -0.432. The number of hydrogen-bond donors (Lipinski definition) is 1. The summed E-state index contributed by atoms with van der Waals surface area (Å²) in [4.78, 5) is 34.5. The van der Waals surface area contributed by atoms with Crippen LogP contribution in [0.25, 0.3) is 10.9 Å². The smallest absolute Gasteiger partial charge is 0.253 e. The molecule has 0 aliphatic carbocycles. The molecule has 3 aromatic rings. The topological polar surface area (TPSA) is 75.3 Å². The van der Waals surface area contributed by atoms with Crippen molar-refractivity contribution < 1.29 is 9.53 Å². The molecule has 1 amide bonds. The van der Waals surface area contributed by atoms with Crippen LogP contribution in [0.15, 0.2) is 53.6 Å². The number of ether oxygens (including phenoxy) is 1. The van der Waals surface area contributed by atoms with E-state index in [1.165, 1.54) is 0 Å². The van der Waals surface area contributed by atoms with Crippen LogP contribution in [0.3, 0.4) is 0 Å². The molecule has 1 aromatic carbocycles. The van der Waals surface area contributed by atoms with Crippen LogP contribution in [-0.4, -0.2) is 33.5 Å². The fourth-order valence-corrected chi connectivity index (χ4v) is 3.65. The van der Waals surface area contributed by atoms with Crippen LogP contribution in [0.4, 0.5) is 0 Å². The summed E-state index contributed by atoms with van der Waals surface area (Å²) in [6.45, 7) is 3.19. The number of carbonyl (C=O) groups is 1. The summed E-state index contributed by atoms with van der Waals surface area (Å²) >= 11 is 0. The zero-order valence-electron chi connectivity index (χ0n) is 15.9. The summed E-state index contributed by atoms with van der Waals surface area (Å²) in [5.41, 5.74) is 3.16. The van der Waals surface area contributed by atoms with E-state index in [1.807, 2.05) is 43.3 Å². The maximum Gasteiger partial charge on any atom is 0.253 e. The van der Waals surface area contributed by atoms with Crippen molar-refractivity contribution in [2.45, 2.75) is 39.0 Å². The number of aryl methyl sites for hydroxylation is 1. The van der Waals surface area contributed by atoms with E-state index in [1.54, 1.807) is 17.3 Å². The average Bonchev–Trinajstić information content (AvgIpc) is 3.24. The van der Waals surface area contributed by atoms with Crippen molar-refractivity contribution >= 4 is 16.8 Å². The average molecular weight is 377 g/mol. The Bertz CT molecular complexity index is 1040. The van der Waals surface area contributed by atoms with Gasteiger partial charge in [-0.05, 0) is 48.4 Å². The van der Waals surface area contributed by atoms with Crippen LogP contribution in [0, 0.1) is 6.92 Å². The number of rotatable bonds is 5. The Morgan fingerprint density at radius 2 is 2.18 bits per heavy atom. The van der Waals surface area contributed by atoms with Crippen LogP contribution in [-0.2, 0) is 22.6 Å². The molecule has 4 rings (SSSR count). The van der Waals surface area contributed by atoms with Crippen molar-refractivity contribution in [1.82, 2.24) is 14.9 Å². The fraction of sp³-hybridized carbons (Fsp3) is 0.318. The van der Waals surface area contributed by atoms with E-state index < -0.39 is 6.10 Å². The van der Waals surface area contributed by atoms with Crippen molar-refractivity contribution in [3.8, 4) is 0 Å². The lowest BCUT2D eigenvalue weighted by atomic mass is 10.1. The third kappa shape index (κ3) is 3.82. The quantitative estimate of drug-likeness (QED) is 0.742. The van der Waals surface area contributed by atoms with Crippen LogP contribution in [0.2, 0.25) is 0 Å². The molecule has 2 aromatic heterocycles. The second kappa shape index (κ2) is 7.94. The lowest BCUT2D eigenvalue weighted by Crippen LogP contribution is -2.39. The lowest BCUT2D eigenvalue weighted by Gasteiger charge is -2.25. The highest BCUT2D eigenvalue weighted by molar-refractivity contribution is 5.83. The van der Waals surface area contributed by atoms with E-state index in [0.717, 1.165) is 34.9 Å². The van der Waals surface area contributed by atoms with Crippen LogP contribution in [0.1, 0.15) is 29.5 Å². The predicted molar refractivity (Wildman–Crippen MR) is 107 cm³/mol. The largest absolute Gasteiger partial charge is 0.368 e. The number of para-hydroxylation sites is 1. The van der Waals surface area contributed by atoms with E-state index in [-0.39, 0.29) is 18.0 Å². The molecule has 3 heterocycles. The van der Waals surface area contributed by atoms with Gasteiger partial charge in [0.2, 0.25) is 0 Å². The first kappa shape index (κ1) is 18.4. The van der Waals surface area contributed by atoms with Crippen molar-refractivity contribution in [3.63, 3.8) is 0 Å². The number of H-pyrrole nitrogens is 1. The molecule has 1 fully saturated rings. The number of carbonyl (C=O) groups excluding carboxylic acids is 1. The Morgan fingerprint density at radius 3 is 2.93 bits per heavy atom. The molecule has 0 radical (unpaired) electrons. The van der Waals surface area contributed by atoms with Gasteiger partial charge in [0.25, 0.3) is 11.5 Å². The highest BCUT2D eigenvalue weighted by atomic mass is 16.5. The number of aromatic amines is 1. The molecule has 1 aliphatic rings. The molecular weight excluding hydrogens is 354 g/mol. The normalized spacial score (nSPS) is 16.4. The molecule has 144 valence electrons. The molecule has 1 saturated heterocycles. The maximum absolute atomic E-state index is 13.1. The Labute approximate surface area is 163 Å².